The fourth-order valence-electron chi connectivity index (χ4n) is 1.46. The van der Waals surface area contributed by atoms with E-state index in [9.17, 15) is 0 Å². The van der Waals surface area contributed by atoms with Gasteiger partial charge in [0.15, 0.2) is 0 Å². The lowest BCUT2D eigenvalue weighted by Gasteiger charge is -2.18. The minimum Gasteiger partial charge on any atom is -0.382 e. The molecule has 17 heavy (non-hydrogen) atoms. The highest BCUT2D eigenvalue weighted by Crippen LogP contribution is 2.19. The van der Waals surface area contributed by atoms with E-state index in [1.54, 1.807) is 0 Å². The third-order valence-corrected chi connectivity index (χ3v) is 2.86. The minimum absolute atomic E-state index is 0.426. The molecular weight excluding hydrogens is 214 g/mol. The van der Waals surface area contributed by atoms with Crippen molar-refractivity contribution < 1.29 is 0 Å². The van der Waals surface area contributed by atoms with Gasteiger partial charge < -0.3 is 5.32 Å². The number of anilines is 1. The van der Waals surface area contributed by atoms with Crippen LogP contribution in [-0.2, 0) is 0 Å². The Morgan fingerprint density at radius 1 is 1.24 bits per heavy atom. The number of nitrogens with one attached hydrogen (secondary N) is 2. The molecule has 0 saturated heterocycles. The molecule has 0 fully saturated rings. The standard InChI is InChI=1S/C12H17N5/c1-8(2)9(3)13-11-6-4-5-10(7-11)12-14-16-17-15-12/h4-9,13H,1-3H3,(H,14,15,16,17). The lowest BCUT2D eigenvalue weighted by molar-refractivity contribution is 0.560. The number of hydrogen-bond donors (Lipinski definition) is 2. The Balaban J connectivity index is 2.18. The van der Waals surface area contributed by atoms with Crippen molar-refractivity contribution in [2.45, 2.75) is 26.8 Å². The molecule has 1 unspecified atom stereocenters. The Kier molecular flexibility index (Phi) is 3.37. The molecule has 0 bridgehead atoms. The van der Waals surface area contributed by atoms with Crippen molar-refractivity contribution in [3.05, 3.63) is 24.3 Å². The molecule has 0 aliphatic rings. The van der Waals surface area contributed by atoms with Crippen LogP contribution in [0.25, 0.3) is 11.4 Å². The first-order valence-corrected chi connectivity index (χ1v) is 5.77. The van der Waals surface area contributed by atoms with Crippen LogP contribution >= 0.6 is 0 Å². The van der Waals surface area contributed by atoms with E-state index >= 15 is 0 Å². The van der Waals surface area contributed by atoms with Gasteiger partial charge in [-0.25, -0.2) is 0 Å². The highest BCUT2D eigenvalue weighted by atomic mass is 15.5. The summed E-state index contributed by atoms with van der Waals surface area (Å²) in [4.78, 5) is 0. The van der Waals surface area contributed by atoms with Crippen LogP contribution < -0.4 is 5.32 Å². The van der Waals surface area contributed by atoms with E-state index in [0.29, 0.717) is 17.8 Å². The third-order valence-electron chi connectivity index (χ3n) is 2.86. The fraction of sp³-hybridized carbons (Fsp3) is 0.417. The van der Waals surface area contributed by atoms with Gasteiger partial charge in [0, 0.05) is 17.3 Å². The van der Waals surface area contributed by atoms with Gasteiger partial charge in [0.1, 0.15) is 0 Å². The van der Waals surface area contributed by atoms with Gasteiger partial charge in [0.05, 0.1) is 0 Å². The maximum absolute atomic E-state index is 3.97. The van der Waals surface area contributed by atoms with Crippen molar-refractivity contribution in [2.75, 3.05) is 5.32 Å². The summed E-state index contributed by atoms with van der Waals surface area (Å²) in [6, 6.07) is 8.46. The third kappa shape index (κ3) is 2.81. The van der Waals surface area contributed by atoms with Crippen LogP contribution in [0.1, 0.15) is 20.8 Å². The zero-order valence-electron chi connectivity index (χ0n) is 10.3. The Morgan fingerprint density at radius 2 is 2.06 bits per heavy atom. The summed E-state index contributed by atoms with van der Waals surface area (Å²) < 4.78 is 0. The summed E-state index contributed by atoms with van der Waals surface area (Å²) in [6.45, 7) is 6.56. The molecule has 0 saturated carbocycles. The zero-order chi connectivity index (χ0) is 12.3. The van der Waals surface area contributed by atoms with E-state index < -0.39 is 0 Å². The Hall–Kier alpha value is -1.91. The second kappa shape index (κ2) is 4.95. The Bertz CT molecular complexity index is 464. The summed E-state index contributed by atoms with van der Waals surface area (Å²) in [5.41, 5.74) is 2.04. The summed E-state index contributed by atoms with van der Waals surface area (Å²) in [5, 5.41) is 17.4. The number of aromatic nitrogens is 4. The number of nitrogens with zero attached hydrogens (tertiary/aromatic N) is 3. The lowest BCUT2D eigenvalue weighted by Crippen LogP contribution is -2.21. The predicted octanol–water partition coefficient (Wildman–Crippen LogP) is 2.32. The molecule has 1 atom stereocenters. The van der Waals surface area contributed by atoms with Gasteiger partial charge in [0.25, 0.3) is 0 Å². The molecule has 0 aliphatic carbocycles. The maximum atomic E-state index is 3.97. The van der Waals surface area contributed by atoms with Crippen molar-refractivity contribution in [1.29, 1.82) is 0 Å². The topological polar surface area (TPSA) is 66.5 Å². The second-order valence-corrected chi connectivity index (χ2v) is 4.49. The van der Waals surface area contributed by atoms with Gasteiger partial charge >= 0.3 is 0 Å². The van der Waals surface area contributed by atoms with E-state index in [2.05, 4.69) is 46.7 Å². The minimum atomic E-state index is 0.426. The summed E-state index contributed by atoms with van der Waals surface area (Å²) in [7, 11) is 0. The van der Waals surface area contributed by atoms with Crippen molar-refractivity contribution in [3.63, 3.8) is 0 Å². The van der Waals surface area contributed by atoms with Crippen molar-refractivity contribution in [1.82, 2.24) is 20.6 Å². The van der Waals surface area contributed by atoms with Crippen molar-refractivity contribution in [3.8, 4) is 11.4 Å². The van der Waals surface area contributed by atoms with Gasteiger partial charge in [-0.05, 0) is 30.2 Å². The van der Waals surface area contributed by atoms with Crippen LogP contribution in [0.5, 0.6) is 0 Å². The molecule has 1 aromatic heterocycles. The van der Waals surface area contributed by atoms with Gasteiger partial charge in [-0.3, -0.25) is 0 Å². The summed E-state index contributed by atoms with van der Waals surface area (Å²) in [6.07, 6.45) is 0. The molecule has 1 aromatic carbocycles. The van der Waals surface area contributed by atoms with E-state index in [1.165, 1.54) is 0 Å². The molecule has 90 valence electrons. The normalized spacial score (nSPS) is 12.7. The molecule has 1 heterocycles. The first-order valence-electron chi connectivity index (χ1n) is 5.77. The van der Waals surface area contributed by atoms with E-state index in [-0.39, 0.29) is 0 Å². The molecule has 5 nitrogen and oxygen atoms in total. The van der Waals surface area contributed by atoms with Gasteiger partial charge in [-0.15, -0.1) is 10.2 Å². The number of benzene rings is 1. The van der Waals surface area contributed by atoms with Crippen LogP contribution in [0, 0.1) is 5.92 Å². The zero-order valence-corrected chi connectivity index (χ0v) is 10.3. The van der Waals surface area contributed by atoms with Crippen molar-refractivity contribution >= 4 is 5.69 Å². The molecule has 5 heteroatoms. The number of hydrogen-bond acceptors (Lipinski definition) is 4. The average molecular weight is 231 g/mol. The van der Waals surface area contributed by atoms with Crippen LogP contribution in [0.15, 0.2) is 24.3 Å². The molecule has 0 amide bonds. The van der Waals surface area contributed by atoms with Gasteiger partial charge in [-0.2, -0.15) is 5.21 Å². The monoisotopic (exact) mass is 231 g/mol. The van der Waals surface area contributed by atoms with E-state index in [4.69, 9.17) is 0 Å². The maximum Gasteiger partial charge on any atom is 0.204 e. The van der Waals surface area contributed by atoms with E-state index in [0.717, 1.165) is 11.3 Å². The molecule has 0 aliphatic heterocycles. The quantitative estimate of drug-likeness (QED) is 0.847. The Morgan fingerprint density at radius 3 is 2.71 bits per heavy atom. The van der Waals surface area contributed by atoms with Crippen LogP contribution in [-0.4, -0.2) is 26.7 Å². The SMILES string of the molecule is CC(C)C(C)Nc1cccc(-c2nn[nH]n2)c1. The number of rotatable bonds is 4. The number of aromatic amines is 1. The molecule has 2 rings (SSSR count). The van der Waals surface area contributed by atoms with Crippen LogP contribution in [0.4, 0.5) is 5.69 Å². The number of H-pyrrole nitrogens is 1. The lowest BCUT2D eigenvalue weighted by atomic mass is 10.1. The van der Waals surface area contributed by atoms with Gasteiger partial charge in [-0.1, -0.05) is 26.0 Å². The first kappa shape index (κ1) is 11.6. The number of tetrazole rings is 1. The van der Waals surface area contributed by atoms with Gasteiger partial charge in [0.2, 0.25) is 5.82 Å². The second-order valence-electron chi connectivity index (χ2n) is 4.49. The van der Waals surface area contributed by atoms with E-state index in [1.807, 2.05) is 24.3 Å². The molecule has 2 aromatic rings. The predicted molar refractivity (Wildman–Crippen MR) is 67.5 cm³/mol. The fourth-order valence-corrected chi connectivity index (χ4v) is 1.46. The molecule has 0 spiro atoms. The molecule has 0 radical (unpaired) electrons. The smallest absolute Gasteiger partial charge is 0.204 e. The Labute approximate surface area is 101 Å². The van der Waals surface area contributed by atoms with Crippen LogP contribution in [0.2, 0.25) is 0 Å². The highest BCUT2D eigenvalue weighted by Gasteiger charge is 2.08. The largest absolute Gasteiger partial charge is 0.382 e. The summed E-state index contributed by atoms with van der Waals surface area (Å²) >= 11 is 0. The summed E-state index contributed by atoms with van der Waals surface area (Å²) in [5.74, 6) is 1.20. The highest BCUT2D eigenvalue weighted by molar-refractivity contribution is 5.61. The van der Waals surface area contributed by atoms with Crippen molar-refractivity contribution in [2.24, 2.45) is 5.92 Å². The first-order chi connectivity index (χ1) is 8.16. The average Bonchev–Trinajstić information content (AvgIpc) is 2.82. The molecule has 2 N–H and O–H groups in total. The molecular formula is C12H17N5. The van der Waals surface area contributed by atoms with Crippen LogP contribution in [0.3, 0.4) is 0 Å².